The van der Waals surface area contributed by atoms with Gasteiger partial charge in [0.2, 0.25) is 5.89 Å². The van der Waals surface area contributed by atoms with E-state index in [1.54, 1.807) is 0 Å². The minimum Gasteiger partial charge on any atom is -0.447 e. The number of hydrogen-bond acceptors (Lipinski definition) is 4. The summed E-state index contributed by atoms with van der Waals surface area (Å²) in [6, 6.07) is 19.0. The van der Waals surface area contributed by atoms with Gasteiger partial charge < -0.3 is 9.73 Å². The number of nitrogens with one attached hydrogen (secondary N) is 1. The van der Waals surface area contributed by atoms with Gasteiger partial charge in [0, 0.05) is 12.6 Å². The molecule has 1 saturated carbocycles. The molecule has 1 heterocycles. The summed E-state index contributed by atoms with van der Waals surface area (Å²) in [5.74, 6) is 0.370. The SMILES string of the molecule is Cc1ccc(CN(Cc2nc(C(=O)N[C@@H](C)c3ccccc3)co2)C2CC2)cc1. The Balaban J connectivity index is 1.38. The molecule has 150 valence electrons. The Morgan fingerprint density at radius 2 is 1.86 bits per heavy atom. The molecule has 1 atom stereocenters. The van der Waals surface area contributed by atoms with E-state index in [4.69, 9.17) is 4.42 Å². The van der Waals surface area contributed by atoms with Crippen LogP contribution in [0.2, 0.25) is 0 Å². The van der Waals surface area contributed by atoms with Crippen molar-refractivity contribution in [2.24, 2.45) is 0 Å². The molecule has 1 amide bonds. The van der Waals surface area contributed by atoms with Crippen LogP contribution in [0, 0.1) is 6.92 Å². The lowest BCUT2D eigenvalue weighted by Crippen LogP contribution is -2.27. The maximum absolute atomic E-state index is 12.5. The number of carbonyl (C=O) groups is 1. The summed E-state index contributed by atoms with van der Waals surface area (Å²) in [4.78, 5) is 19.4. The van der Waals surface area contributed by atoms with Crippen molar-refractivity contribution < 1.29 is 9.21 Å². The number of oxazole rings is 1. The lowest BCUT2D eigenvalue weighted by atomic mass is 10.1. The highest BCUT2D eigenvalue weighted by atomic mass is 16.3. The quantitative estimate of drug-likeness (QED) is 0.610. The molecule has 1 N–H and O–H groups in total. The predicted molar refractivity (Wildman–Crippen MR) is 112 cm³/mol. The molecule has 2 aromatic carbocycles. The maximum atomic E-state index is 12.5. The van der Waals surface area contributed by atoms with E-state index in [0.717, 1.165) is 12.1 Å². The Morgan fingerprint density at radius 3 is 2.55 bits per heavy atom. The lowest BCUT2D eigenvalue weighted by Gasteiger charge is -2.20. The minimum atomic E-state index is -0.215. The van der Waals surface area contributed by atoms with E-state index in [9.17, 15) is 4.79 Å². The molecule has 0 saturated heterocycles. The van der Waals surface area contributed by atoms with E-state index in [1.807, 2.05) is 37.3 Å². The third-order valence-electron chi connectivity index (χ3n) is 5.34. The predicted octanol–water partition coefficient (Wildman–Crippen LogP) is 4.64. The largest absolute Gasteiger partial charge is 0.447 e. The van der Waals surface area contributed by atoms with Crippen molar-refractivity contribution >= 4 is 5.91 Å². The molecule has 0 unspecified atom stereocenters. The van der Waals surface area contributed by atoms with Gasteiger partial charge in [-0.3, -0.25) is 9.69 Å². The number of amides is 1. The number of benzene rings is 2. The van der Waals surface area contributed by atoms with Gasteiger partial charge in [0.25, 0.3) is 5.91 Å². The number of hydrogen-bond donors (Lipinski definition) is 1. The Hall–Kier alpha value is -2.92. The summed E-state index contributed by atoms with van der Waals surface area (Å²) in [5.41, 5.74) is 3.93. The molecule has 0 bridgehead atoms. The first-order valence-corrected chi connectivity index (χ1v) is 10.2. The van der Waals surface area contributed by atoms with Crippen LogP contribution in [-0.4, -0.2) is 21.8 Å². The number of nitrogens with zero attached hydrogens (tertiary/aromatic N) is 2. The van der Waals surface area contributed by atoms with Gasteiger partial charge in [-0.05, 0) is 37.8 Å². The topological polar surface area (TPSA) is 58.4 Å². The van der Waals surface area contributed by atoms with Gasteiger partial charge in [0.1, 0.15) is 6.26 Å². The second-order valence-corrected chi connectivity index (χ2v) is 7.85. The van der Waals surface area contributed by atoms with Crippen LogP contribution >= 0.6 is 0 Å². The highest BCUT2D eigenvalue weighted by molar-refractivity contribution is 5.92. The first-order valence-electron chi connectivity index (χ1n) is 10.2. The van der Waals surface area contributed by atoms with E-state index < -0.39 is 0 Å². The first-order chi connectivity index (χ1) is 14.1. The van der Waals surface area contributed by atoms with Crippen LogP contribution in [0.1, 0.15) is 58.9 Å². The monoisotopic (exact) mass is 389 g/mol. The Morgan fingerprint density at radius 1 is 1.14 bits per heavy atom. The molecule has 29 heavy (non-hydrogen) atoms. The molecule has 1 fully saturated rings. The normalized spacial score (nSPS) is 14.7. The highest BCUT2D eigenvalue weighted by Crippen LogP contribution is 2.29. The third-order valence-corrected chi connectivity index (χ3v) is 5.34. The third kappa shape index (κ3) is 5.12. The molecular weight excluding hydrogens is 362 g/mol. The van der Waals surface area contributed by atoms with Crippen LogP contribution in [0.4, 0.5) is 0 Å². The van der Waals surface area contributed by atoms with Gasteiger partial charge in [0.05, 0.1) is 12.6 Å². The zero-order chi connectivity index (χ0) is 20.2. The van der Waals surface area contributed by atoms with Crippen LogP contribution in [-0.2, 0) is 13.1 Å². The Bertz CT molecular complexity index is 946. The average molecular weight is 389 g/mol. The van der Waals surface area contributed by atoms with Crippen molar-refractivity contribution in [2.45, 2.75) is 51.9 Å². The van der Waals surface area contributed by atoms with E-state index in [1.165, 1.54) is 30.2 Å². The highest BCUT2D eigenvalue weighted by Gasteiger charge is 2.30. The second-order valence-electron chi connectivity index (χ2n) is 7.85. The number of rotatable bonds is 8. The fourth-order valence-electron chi connectivity index (χ4n) is 3.44. The van der Waals surface area contributed by atoms with Crippen LogP contribution in [0.3, 0.4) is 0 Å². The van der Waals surface area contributed by atoms with Gasteiger partial charge in [-0.25, -0.2) is 4.98 Å². The summed E-state index contributed by atoms with van der Waals surface area (Å²) < 4.78 is 5.62. The lowest BCUT2D eigenvalue weighted by molar-refractivity contribution is 0.0934. The fourth-order valence-corrected chi connectivity index (χ4v) is 3.44. The van der Waals surface area contributed by atoms with Crippen molar-refractivity contribution in [3.05, 3.63) is 89.1 Å². The molecule has 0 aliphatic heterocycles. The molecular formula is C24H27N3O2. The number of aryl methyl sites for hydroxylation is 1. The first kappa shape index (κ1) is 19.4. The van der Waals surface area contributed by atoms with Gasteiger partial charge in [-0.15, -0.1) is 0 Å². The number of aromatic nitrogens is 1. The van der Waals surface area contributed by atoms with Gasteiger partial charge >= 0.3 is 0 Å². The molecule has 1 aliphatic rings. The van der Waals surface area contributed by atoms with Crippen molar-refractivity contribution in [1.29, 1.82) is 0 Å². The second kappa shape index (κ2) is 8.62. The standard InChI is InChI=1S/C24H27N3O2/c1-17-8-10-19(11-9-17)14-27(21-12-13-21)15-23-26-22(16-29-23)24(28)25-18(2)20-6-4-3-5-7-20/h3-11,16,18,21H,12-15H2,1-2H3,(H,25,28)/t18-/m0/s1. The number of carbonyl (C=O) groups excluding carboxylic acids is 1. The smallest absolute Gasteiger partial charge is 0.273 e. The molecule has 1 aliphatic carbocycles. The molecule has 0 radical (unpaired) electrons. The molecule has 0 spiro atoms. The fraction of sp³-hybridized carbons (Fsp3) is 0.333. The van der Waals surface area contributed by atoms with Gasteiger partial charge in [0.15, 0.2) is 5.69 Å². The van der Waals surface area contributed by atoms with Crippen LogP contribution < -0.4 is 5.32 Å². The van der Waals surface area contributed by atoms with Crippen LogP contribution in [0.5, 0.6) is 0 Å². The summed E-state index contributed by atoms with van der Waals surface area (Å²) >= 11 is 0. The van der Waals surface area contributed by atoms with Crippen molar-refractivity contribution in [3.63, 3.8) is 0 Å². The Kier molecular flexibility index (Phi) is 5.76. The van der Waals surface area contributed by atoms with E-state index in [2.05, 4.69) is 46.4 Å². The van der Waals surface area contributed by atoms with Gasteiger partial charge in [-0.2, -0.15) is 0 Å². The Labute approximate surface area is 171 Å². The minimum absolute atomic E-state index is 0.0895. The zero-order valence-corrected chi connectivity index (χ0v) is 17.0. The molecule has 4 rings (SSSR count). The zero-order valence-electron chi connectivity index (χ0n) is 17.0. The van der Waals surface area contributed by atoms with E-state index in [0.29, 0.717) is 24.2 Å². The summed E-state index contributed by atoms with van der Waals surface area (Å²) in [5, 5.41) is 2.98. The van der Waals surface area contributed by atoms with Crippen LogP contribution in [0.15, 0.2) is 65.3 Å². The van der Waals surface area contributed by atoms with E-state index >= 15 is 0 Å². The molecule has 5 nitrogen and oxygen atoms in total. The van der Waals surface area contributed by atoms with Gasteiger partial charge in [-0.1, -0.05) is 60.2 Å². The van der Waals surface area contributed by atoms with Crippen molar-refractivity contribution in [2.75, 3.05) is 0 Å². The molecule has 1 aromatic heterocycles. The molecule has 3 aromatic rings. The van der Waals surface area contributed by atoms with Crippen molar-refractivity contribution in [3.8, 4) is 0 Å². The summed E-state index contributed by atoms with van der Waals surface area (Å²) in [6.07, 6.45) is 3.86. The maximum Gasteiger partial charge on any atom is 0.273 e. The van der Waals surface area contributed by atoms with Crippen molar-refractivity contribution in [1.82, 2.24) is 15.2 Å². The average Bonchev–Trinajstić information content (AvgIpc) is 3.48. The summed E-state index contributed by atoms with van der Waals surface area (Å²) in [6.45, 7) is 5.53. The molecule has 5 heteroatoms. The van der Waals surface area contributed by atoms with Crippen LogP contribution in [0.25, 0.3) is 0 Å². The summed E-state index contributed by atoms with van der Waals surface area (Å²) in [7, 11) is 0. The van der Waals surface area contributed by atoms with E-state index in [-0.39, 0.29) is 11.9 Å².